The standard InChI is InChI=1S/C14H15ClFNO/c1-9(11-5-6-13(16)12(15)8-11)17-10(2)14-4-3-7-18-14/h3-10,17H,1-2H3/t9?,10-/m0/s1. The third-order valence-electron chi connectivity index (χ3n) is 2.91. The van der Waals surface area contributed by atoms with Crippen molar-refractivity contribution in [3.05, 3.63) is 58.8 Å². The maximum atomic E-state index is 13.1. The van der Waals surface area contributed by atoms with E-state index in [9.17, 15) is 4.39 Å². The van der Waals surface area contributed by atoms with Crippen molar-refractivity contribution in [2.45, 2.75) is 25.9 Å². The average Bonchev–Trinajstić information content (AvgIpc) is 2.86. The molecule has 1 N–H and O–H groups in total. The highest BCUT2D eigenvalue weighted by Crippen LogP contribution is 2.23. The zero-order valence-electron chi connectivity index (χ0n) is 10.3. The molecule has 0 saturated heterocycles. The lowest BCUT2D eigenvalue weighted by Crippen LogP contribution is -2.22. The number of hydrogen-bond acceptors (Lipinski definition) is 2. The fourth-order valence-electron chi connectivity index (χ4n) is 1.87. The first-order valence-corrected chi connectivity index (χ1v) is 6.20. The minimum absolute atomic E-state index is 0.0585. The van der Waals surface area contributed by atoms with Crippen LogP contribution in [-0.4, -0.2) is 0 Å². The zero-order valence-corrected chi connectivity index (χ0v) is 11.0. The van der Waals surface area contributed by atoms with Crippen LogP contribution in [0.15, 0.2) is 41.0 Å². The molecular weight excluding hydrogens is 253 g/mol. The van der Waals surface area contributed by atoms with Gasteiger partial charge in [0, 0.05) is 6.04 Å². The fourth-order valence-corrected chi connectivity index (χ4v) is 2.06. The Morgan fingerprint density at radius 3 is 2.61 bits per heavy atom. The van der Waals surface area contributed by atoms with Crippen LogP contribution in [0.2, 0.25) is 5.02 Å². The molecule has 0 fully saturated rings. The van der Waals surface area contributed by atoms with E-state index in [1.54, 1.807) is 18.4 Å². The fraction of sp³-hybridized carbons (Fsp3) is 0.286. The number of halogens is 2. The normalized spacial score (nSPS) is 14.4. The summed E-state index contributed by atoms with van der Waals surface area (Å²) in [6.45, 7) is 4.02. The molecule has 96 valence electrons. The second-order valence-electron chi connectivity index (χ2n) is 4.30. The minimum atomic E-state index is -0.397. The van der Waals surface area contributed by atoms with Gasteiger partial charge < -0.3 is 9.73 Å². The number of furan rings is 1. The van der Waals surface area contributed by atoms with E-state index in [2.05, 4.69) is 5.32 Å². The summed E-state index contributed by atoms with van der Waals surface area (Å²) in [5.74, 6) is 0.474. The summed E-state index contributed by atoms with van der Waals surface area (Å²) in [5.41, 5.74) is 0.944. The Morgan fingerprint density at radius 1 is 1.22 bits per heavy atom. The molecule has 0 spiro atoms. The Hall–Kier alpha value is -1.32. The van der Waals surface area contributed by atoms with Crippen LogP contribution >= 0.6 is 11.6 Å². The summed E-state index contributed by atoms with van der Waals surface area (Å²) in [6.07, 6.45) is 1.65. The van der Waals surface area contributed by atoms with Gasteiger partial charge >= 0.3 is 0 Å². The molecule has 1 aromatic carbocycles. The summed E-state index contributed by atoms with van der Waals surface area (Å²) in [6, 6.07) is 8.67. The van der Waals surface area contributed by atoms with Gasteiger partial charge in [0.05, 0.1) is 17.3 Å². The lowest BCUT2D eigenvalue weighted by molar-refractivity contribution is 0.403. The third kappa shape index (κ3) is 2.92. The second-order valence-corrected chi connectivity index (χ2v) is 4.71. The molecule has 18 heavy (non-hydrogen) atoms. The largest absolute Gasteiger partial charge is 0.468 e. The molecular formula is C14H15ClFNO. The van der Waals surface area contributed by atoms with Crippen LogP contribution in [0.4, 0.5) is 4.39 Å². The molecule has 1 heterocycles. The molecule has 0 bridgehead atoms. The van der Waals surface area contributed by atoms with Crippen LogP contribution in [0.5, 0.6) is 0 Å². The van der Waals surface area contributed by atoms with Gasteiger partial charge in [-0.2, -0.15) is 0 Å². The van der Waals surface area contributed by atoms with E-state index < -0.39 is 5.82 Å². The number of rotatable bonds is 4. The number of hydrogen-bond donors (Lipinski definition) is 1. The van der Waals surface area contributed by atoms with Crippen LogP contribution in [-0.2, 0) is 0 Å². The Labute approximate surface area is 111 Å². The monoisotopic (exact) mass is 267 g/mol. The van der Waals surface area contributed by atoms with Crippen LogP contribution < -0.4 is 5.32 Å². The van der Waals surface area contributed by atoms with E-state index in [-0.39, 0.29) is 17.1 Å². The van der Waals surface area contributed by atoms with Crippen molar-refractivity contribution in [1.29, 1.82) is 0 Å². The van der Waals surface area contributed by atoms with E-state index in [1.165, 1.54) is 6.07 Å². The quantitative estimate of drug-likeness (QED) is 0.883. The van der Waals surface area contributed by atoms with Crippen molar-refractivity contribution >= 4 is 11.6 Å². The molecule has 2 atom stereocenters. The summed E-state index contributed by atoms with van der Waals surface area (Å²) < 4.78 is 18.4. The van der Waals surface area contributed by atoms with Gasteiger partial charge in [-0.05, 0) is 43.7 Å². The highest BCUT2D eigenvalue weighted by Gasteiger charge is 2.14. The number of nitrogens with one attached hydrogen (secondary N) is 1. The molecule has 2 rings (SSSR count). The SMILES string of the molecule is CC(N[C@@H](C)c1ccco1)c1ccc(F)c(Cl)c1. The third-order valence-corrected chi connectivity index (χ3v) is 3.20. The predicted molar refractivity (Wildman–Crippen MR) is 70.1 cm³/mol. The molecule has 0 aliphatic heterocycles. The van der Waals surface area contributed by atoms with Crippen molar-refractivity contribution in [2.75, 3.05) is 0 Å². The summed E-state index contributed by atoms with van der Waals surface area (Å²) >= 11 is 5.77. The van der Waals surface area contributed by atoms with Crippen molar-refractivity contribution in [3.63, 3.8) is 0 Å². The molecule has 4 heteroatoms. The summed E-state index contributed by atoms with van der Waals surface area (Å²) in [4.78, 5) is 0. The first kappa shape index (κ1) is 13.1. The lowest BCUT2D eigenvalue weighted by Gasteiger charge is -2.19. The molecule has 0 radical (unpaired) electrons. The van der Waals surface area contributed by atoms with Crippen LogP contribution in [0.3, 0.4) is 0 Å². The van der Waals surface area contributed by atoms with E-state index in [0.717, 1.165) is 11.3 Å². The lowest BCUT2D eigenvalue weighted by atomic mass is 10.1. The molecule has 0 saturated carbocycles. The van der Waals surface area contributed by atoms with Crippen molar-refractivity contribution < 1.29 is 8.81 Å². The maximum absolute atomic E-state index is 13.1. The van der Waals surface area contributed by atoms with E-state index in [4.69, 9.17) is 16.0 Å². The predicted octanol–water partition coefficient (Wildman–Crippen LogP) is 4.48. The molecule has 1 aromatic heterocycles. The number of benzene rings is 1. The maximum Gasteiger partial charge on any atom is 0.141 e. The van der Waals surface area contributed by atoms with Gasteiger partial charge in [0.1, 0.15) is 11.6 Å². The molecule has 1 unspecified atom stereocenters. The van der Waals surface area contributed by atoms with Crippen LogP contribution in [0.25, 0.3) is 0 Å². The molecule has 2 aromatic rings. The zero-order chi connectivity index (χ0) is 13.1. The van der Waals surface area contributed by atoms with Gasteiger partial charge in [-0.25, -0.2) is 4.39 Å². The van der Waals surface area contributed by atoms with Gasteiger partial charge in [0.25, 0.3) is 0 Å². The Morgan fingerprint density at radius 2 is 2.00 bits per heavy atom. The first-order valence-electron chi connectivity index (χ1n) is 5.82. The highest BCUT2D eigenvalue weighted by molar-refractivity contribution is 6.30. The second kappa shape index (κ2) is 5.55. The Bertz CT molecular complexity index is 513. The van der Waals surface area contributed by atoms with Gasteiger partial charge in [-0.15, -0.1) is 0 Å². The van der Waals surface area contributed by atoms with E-state index in [1.807, 2.05) is 26.0 Å². The first-order chi connectivity index (χ1) is 8.58. The Balaban J connectivity index is 2.07. The topological polar surface area (TPSA) is 25.2 Å². The van der Waals surface area contributed by atoms with Gasteiger partial charge in [-0.3, -0.25) is 0 Å². The van der Waals surface area contributed by atoms with Gasteiger partial charge in [-0.1, -0.05) is 17.7 Å². The minimum Gasteiger partial charge on any atom is -0.468 e. The molecule has 2 nitrogen and oxygen atoms in total. The molecule has 0 aliphatic carbocycles. The highest BCUT2D eigenvalue weighted by atomic mass is 35.5. The summed E-state index contributed by atoms with van der Waals surface area (Å²) in [5, 5.41) is 3.52. The molecule has 0 aliphatic rings. The van der Waals surface area contributed by atoms with Crippen LogP contribution in [0, 0.1) is 5.82 Å². The van der Waals surface area contributed by atoms with Crippen LogP contribution in [0.1, 0.15) is 37.3 Å². The van der Waals surface area contributed by atoms with Crippen molar-refractivity contribution in [3.8, 4) is 0 Å². The van der Waals surface area contributed by atoms with E-state index in [0.29, 0.717) is 0 Å². The van der Waals surface area contributed by atoms with Gasteiger partial charge in [0.15, 0.2) is 0 Å². The van der Waals surface area contributed by atoms with Crippen molar-refractivity contribution in [2.24, 2.45) is 0 Å². The van der Waals surface area contributed by atoms with E-state index >= 15 is 0 Å². The average molecular weight is 268 g/mol. The summed E-state index contributed by atoms with van der Waals surface area (Å²) in [7, 11) is 0. The van der Waals surface area contributed by atoms with Gasteiger partial charge in [0.2, 0.25) is 0 Å². The van der Waals surface area contributed by atoms with Crippen molar-refractivity contribution in [1.82, 2.24) is 5.32 Å². The smallest absolute Gasteiger partial charge is 0.141 e. The Kier molecular flexibility index (Phi) is 4.04. The molecule has 0 amide bonds.